The van der Waals surface area contributed by atoms with Gasteiger partial charge in [-0.3, -0.25) is 4.79 Å². The minimum absolute atomic E-state index is 0.0404. The normalized spacial score (nSPS) is 29.2. The van der Waals surface area contributed by atoms with E-state index in [2.05, 4.69) is 15.2 Å². The third kappa shape index (κ3) is 4.62. The number of carbonyl (C=O) groups excluding carboxylic acids is 1. The number of likely N-dealkylation sites (tertiary alicyclic amines) is 1. The molecule has 0 spiro atoms. The number of allylic oxidation sites excluding steroid dienone is 2. The maximum absolute atomic E-state index is 12.9. The van der Waals surface area contributed by atoms with Gasteiger partial charge in [0.15, 0.2) is 5.54 Å². The fourth-order valence-electron chi connectivity index (χ4n) is 4.65. The third-order valence-electron chi connectivity index (χ3n) is 6.62. The van der Waals surface area contributed by atoms with Crippen molar-refractivity contribution in [2.24, 2.45) is 22.6 Å². The van der Waals surface area contributed by atoms with E-state index in [0.29, 0.717) is 35.7 Å². The Morgan fingerprint density at radius 1 is 1.28 bits per heavy atom. The van der Waals surface area contributed by atoms with Gasteiger partial charge in [0.25, 0.3) is 0 Å². The van der Waals surface area contributed by atoms with Crippen LogP contribution in [-0.4, -0.2) is 73.0 Å². The first kappa shape index (κ1) is 20.7. The maximum atomic E-state index is 12.9. The van der Waals surface area contributed by atoms with Gasteiger partial charge in [-0.05, 0) is 69.7 Å². The van der Waals surface area contributed by atoms with Crippen LogP contribution in [0.2, 0.25) is 0 Å². The SMILES string of the molecule is CC1(C(=O)NCC2CCN(CC3CCOCC3)CC2)CN2C(=N1)C=CC(Cl)=C2N. The number of piperidine rings is 1. The number of rotatable bonds is 5. The minimum Gasteiger partial charge on any atom is -0.384 e. The van der Waals surface area contributed by atoms with Crippen molar-refractivity contribution in [3.63, 3.8) is 0 Å². The highest BCUT2D eigenvalue weighted by Crippen LogP contribution is 2.29. The summed E-state index contributed by atoms with van der Waals surface area (Å²) in [6, 6.07) is 0. The molecular weight excluding hydrogens is 390 g/mol. The van der Waals surface area contributed by atoms with Crippen LogP contribution in [0.15, 0.2) is 28.0 Å². The summed E-state index contributed by atoms with van der Waals surface area (Å²) in [6.45, 7) is 8.26. The quantitative estimate of drug-likeness (QED) is 0.705. The minimum atomic E-state index is -0.838. The van der Waals surface area contributed by atoms with Gasteiger partial charge in [-0.15, -0.1) is 0 Å². The van der Waals surface area contributed by atoms with E-state index in [0.717, 1.165) is 45.1 Å². The standard InChI is InChI=1S/C21H32ClN5O2/c1-21(14-27-18(25-21)3-2-17(22)19(27)23)20(28)24-12-15-4-8-26(9-5-15)13-16-6-10-29-11-7-16/h2-3,15-16H,4-14,23H2,1H3,(H,24,28). The molecular formula is C21H32ClN5O2. The predicted octanol–water partition coefficient (Wildman–Crippen LogP) is 1.65. The predicted molar refractivity (Wildman–Crippen MR) is 114 cm³/mol. The average molecular weight is 422 g/mol. The molecule has 0 radical (unpaired) electrons. The zero-order chi connectivity index (χ0) is 20.4. The Morgan fingerprint density at radius 3 is 2.72 bits per heavy atom. The number of hydrogen-bond donors (Lipinski definition) is 2. The van der Waals surface area contributed by atoms with Crippen molar-refractivity contribution in [2.75, 3.05) is 45.9 Å². The fourth-order valence-corrected chi connectivity index (χ4v) is 4.82. The molecule has 4 aliphatic rings. The molecule has 4 heterocycles. The summed E-state index contributed by atoms with van der Waals surface area (Å²) >= 11 is 6.10. The van der Waals surface area contributed by atoms with Crippen LogP contribution in [-0.2, 0) is 9.53 Å². The van der Waals surface area contributed by atoms with Crippen molar-refractivity contribution in [2.45, 2.75) is 38.1 Å². The van der Waals surface area contributed by atoms with Crippen molar-refractivity contribution < 1.29 is 9.53 Å². The summed E-state index contributed by atoms with van der Waals surface area (Å²) in [4.78, 5) is 21.9. The number of nitrogens with two attached hydrogens (primary N) is 1. The van der Waals surface area contributed by atoms with E-state index in [1.54, 1.807) is 6.08 Å². The van der Waals surface area contributed by atoms with Crippen LogP contribution in [0.5, 0.6) is 0 Å². The van der Waals surface area contributed by atoms with Gasteiger partial charge in [-0.1, -0.05) is 11.6 Å². The van der Waals surface area contributed by atoms with E-state index in [1.165, 1.54) is 19.4 Å². The average Bonchev–Trinajstić information content (AvgIpc) is 3.09. The summed E-state index contributed by atoms with van der Waals surface area (Å²) in [7, 11) is 0. The molecule has 0 aromatic heterocycles. The van der Waals surface area contributed by atoms with E-state index in [1.807, 2.05) is 17.9 Å². The lowest BCUT2D eigenvalue weighted by Gasteiger charge is -2.35. The van der Waals surface area contributed by atoms with E-state index in [9.17, 15) is 4.79 Å². The van der Waals surface area contributed by atoms with Crippen LogP contribution in [0.4, 0.5) is 0 Å². The number of ether oxygens (including phenoxy) is 1. The number of hydrogen-bond acceptors (Lipinski definition) is 6. The monoisotopic (exact) mass is 421 g/mol. The van der Waals surface area contributed by atoms with Crippen LogP contribution in [0.1, 0.15) is 32.6 Å². The second-order valence-electron chi connectivity index (χ2n) is 8.91. The lowest BCUT2D eigenvalue weighted by Crippen LogP contribution is -2.49. The van der Waals surface area contributed by atoms with Crippen molar-refractivity contribution >= 4 is 23.3 Å². The van der Waals surface area contributed by atoms with Gasteiger partial charge in [-0.2, -0.15) is 0 Å². The van der Waals surface area contributed by atoms with Crippen LogP contribution >= 0.6 is 11.6 Å². The van der Waals surface area contributed by atoms with Gasteiger partial charge in [0.1, 0.15) is 11.7 Å². The highest BCUT2D eigenvalue weighted by molar-refractivity contribution is 6.32. The first-order chi connectivity index (χ1) is 13.9. The summed E-state index contributed by atoms with van der Waals surface area (Å²) in [5.74, 6) is 2.43. The van der Waals surface area contributed by atoms with Crippen molar-refractivity contribution in [1.29, 1.82) is 0 Å². The van der Waals surface area contributed by atoms with E-state index in [-0.39, 0.29) is 5.91 Å². The summed E-state index contributed by atoms with van der Waals surface area (Å²) in [5, 5.41) is 3.63. The summed E-state index contributed by atoms with van der Waals surface area (Å²) in [5.41, 5.74) is 5.22. The van der Waals surface area contributed by atoms with Gasteiger partial charge in [0, 0.05) is 26.3 Å². The highest BCUT2D eigenvalue weighted by atomic mass is 35.5. The Hall–Kier alpha value is -1.57. The lowest BCUT2D eigenvalue weighted by atomic mass is 9.93. The second kappa shape index (κ2) is 8.66. The number of aliphatic imine (C=N–C) groups is 1. The Balaban J connectivity index is 1.23. The molecule has 0 saturated carbocycles. The number of nitrogens with one attached hydrogen (secondary N) is 1. The van der Waals surface area contributed by atoms with E-state index >= 15 is 0 Å². The van der Waals surface area contributed by atoms with Crippen LogP contribution in [0, 0.1) is 11.8 Å². The number of fused-ring (bicyclic) bond motifs is 1. The van der Waals surface area contributed by atoms with Gasteiger partial charge in [0.2, 0.25) is 5.91 Å². The van der Waals surface area contributed by atoms with Crippen LogP contribution in [0.25, 0.3) is 0 Å². The van der Waals surface area contributed by atoms with Crippen LogP contribution < -0.4 is 11.1 Å². The van der Waals surface area contributed by atoms with Crippen molar-refractivity contribution in [1.82, 2.24) is 15.1 Å². The molecule has 7 nitrogen and oxygen atoms in total. The molecule has 8 heteroatoms. The summed E-state index contributed by atoms with van der Waals surface area (Å²) < 4.78 is 5.46. The Bertz CT molecular complexity index is 723. The Labute approximate surface area is 178 Å². The number of amides is 1. The maximum Gasteiger partial charge on any atom is 0.249 e. The summed E-state index contributed by atoms with van der Waals surface area (Å²) in [6.07, 6.45) is 8.18. The molecule has 0 aromatic carbocycles. The first-order valence-corrected chi connectivity index (χ1v) is 11.1. The lowest BCUT2D eigenvalue weighted by molar-refractivity contribution is -0.125. The molecule has 29 heavy (non-hydrogen) atoms. The van der Waals surface area contributed by atoms with Crippen LogP contribution in [0.3, 0.4) is 0 Å². The topological polar surface area (TPSA) is 83.2 Å². The van der Waals surface area contributed by atoms with Gasteiger partial charge < -0.3 is 25.6 Å². The Kier molecular flexibility index (Phi) is 6.18. The smallest absolute Gasteiger partial charge is 0.249 e. The number of halogens is 1. The number of amidine groups is 1. The second-order valence-corrected chi connectivity index (χ2v) is 9.31. The Morgan fingerprint density at radius 2 is 2.00 bits per heavy atom. The molecule has 160 valence electrons. The van der Waals surface area contributed by atoms with Gasteiger partial charge in [-0.25, -0.2) is 4.99 Å². The zero-order valence-electron chi connectivity index (χ0n) is 17.2. The molecule has 4 aliphatic heterocycles. The molecule has 0 aliphatic carbocycles. The largest absolute Gasteiger partial charge is 0.384 e. The van der Waals surface area contributed by atoms with E-state index in [4.69, 9.17) is 22.1 Å². The number of carbonyl (C=O) groups is 1. The zero-order valence-corrected chi connectivity index (χ0v) is 18.0. The highest BCUT2D eigenvalue weighted by Gasteiger charge is 2.43. The fraction of sp³-hybridized carbons (Fsp3) is 0.714. The molecule has 2 fully saturated rings. The molecule has 0 aromatic rings. The van der Waals surface area contributed by atoms with Crippen molar-refractivity contribution in [3.8, 4) is 0 Å². The molecule has 1 amide bonds. The number of nitrogens with zero attached hydrogens (tertiary/aromatic N) is 3. The first-order valence-electron chi connectivity index (χ1n) is 10.7. The molecule has 2 saturated heterocycles. The molecule has 0 bridgehead atoms. The molecule has 3 N–H and O–H groups in total. The molecule has 1 unspecified atom stereocenters. The van der Waals surface area contributed by atoms with Gasteiger partial charge in [0.05, 0.1) is 11.6 Å². The third-order valence-corrected chi connectivity index (χ3v) is 6.94. The van der Waals surface area contributed by atoms with E-state index < -0.39 is 5.54 Å². The molecule has 1 atom stereocenters. The molecule has 4 rings (SSSR count). The van der Waals surface area contributed by atoms with Crippen molar-refractivity contribution in [3.05, 3.63) is 23.0 Å². The van der Waals surface area contributed by atoms with Gasteiger partial charge >= 0.3 is 0 Å².